The number of carboxylic acids is 1. The Hall–Kier alpha value is -7.07. The number of amides is 8. The fourth-order valence-corrected chi connectivity index (χ4v) is 7.72. The Morgan fingerprint density at radius 2 is 1.03 bits per heavy atom. The summed E-state index contributed by atoms with van der Waals surface area (Å²) in [6, 6.07) is 1.34. The Morgan fingerprint density at radius 3 is 1.53 bits per heavy atom. The van der Waals surface area contributed by atoms with Crippen LogP contribution in [-0.4, -0.2) is 172 Å². The van der Waals surface area contributed by atoms with Gasteiger partial charge in [0, 0.05) is 19.4 Å². The SMILES string of the molecule is CSCC[C@H](NC(=O)[C@@H](N)CCCCN)C(=O)N[C@@H](C)C(=O)N[C@@H](CCCN=C(N)N)C(=O)N[C@@H](Cc1ccccc1)C(=O)N[C@@H](CO)C(=O)N[C@@H](Cc1ccc(O)cc1)C(=O)N[C@@H](CO)C(=O)N[C@H](C(=O)O)C(C)C. The van der Waals surface area contributed by atoms with Crippen molar-refractivity contribution in [3.05, 3.63) is 65.7 Å². The van der Waals surface area contributed by atoms with Crippen LogP contribution in [0.3, 0.4) is 0 Å². The number of carbonyl (C=O) groups is 9. The van der Waals surface area contributed by atoms with Crippen LogP contribution in [0.5, 0.6) is 5.75 Å². The van der Waals surface area contributed by atoms with Crippen LogP contribution in [0.2, 0.25) is 0 Å². The van der Waals surface area contributed by atoms with E-state index in [1.54, 1.807) is 30.3 Å². The third-order valence-electron chi connectivity index (χ3n) is 11.7. The molecule has 2 rings (SSSR count). The zero-order valence-electron chi connectivity index (χ0n) is 43.3. The van der Waals surface area contributed by atoms with Gasteiger partial charge in [-0.1, -0.05) is 62.7 Å². The Balaban J connectivity index is 2.41. The van der Waals surface area contributed by atoms with Crippen molar-refractivity contribution in [3.63, 3.8) is 0 Å². The molecule has 0 unspecified atom stereocenters. The monoisotopic (exact) mass is 1090 g/mol. The number of aliphatic carboxylic acids is 1. The molecular formula is C49H77N13O13S. The number of phenolic OH excluding ortho intramolecular Hbond substituents is 1. The van der Waals surface area contributed by atoms with Crippen LogP contribution in [0, 0.1) is 5.92 Å². The highest BCUT2D eigenvalue weighted by Gasteiger charge is 2.35. The Kier molecular flexibility index (Phi) is 29.5. The lowest BCUT2D eigenvalue weighted by Gasteiger charge is -2.27. The predicted molar refractivity (Wildman–Crippen MR) is 284 cm³/mol. The smallest absolute Gasteiger partial charge is 0.326 e. The molecule has 0 aliphatic rings. The molecule has 0 aliphatic heterocycles. The number of rotatable bonds is 35. The lowest BCUT2D eigenvalue weighted by Crippen LogP contribution is -2.61. The first-order valence-electron chi connectivity index (χ1n) is 24.7. The summed E-state index contributed by atoms with van der Waals surface area (Å²) in [5, 5.41) is 59.8. The number of aromatic hydroxyl groups is 1. The van der Waals surface area contributed by atoms with E-state index in [0.717, 1.165) is 0 Å². The van der Waals surface area contributed by atoms with E-state index in [4.69, 9.17) is 22.9 Å². The summed E-state index contributed by atoms with van der Waals surface area (Å²) in [5.74, 6) is -8.95. The van der Waals surface area contributed by atoms with Crippen LogP contribution in [0.15, 0.2) is 59.6 Å². The van der Waals surface area contributed by atoms with Crippen molar-refractivity contribution in [1.29, 1.82) is 0 Å². The summed E-state index contributed by atoms with van der Waals surface area (Å²) < 4.78 is 0. The summed E-state index contributed by atoms with van der Waals surface area (Å²) in [4.78, 5) is 125. The second-order valence-corrected chi connectivity index (χ2v) is 19.2. The van der Waals surface area contributed by atoms with E-state index in [-0.39, 0.29) is 50.4 Å². The van der Waals surface area contributed by atoms with Crippen molar-refractivity contribution in [2.24, 2.45) is 33.8 Å². The van der Waals surface area contributed by atoms with Crippen molar-refractivity contribution in [1.82, 2.24) is 42.5 Å². The number of benzene rings is 2. The standard InChI is InChI=1S/C49H77N13O13S/c1-27(2)39(48(74)75)62-47(73)38(26-64)61-45(71)36(24-30-15-17-31(65)18-16-30)59-46(72)37(25-63)60-44(70)35(23-29-11-6-5-7-12-29)58-43(69)33(14-10-21-54-49(52)53)56-40(66)28(3)55-42(68)34(19-22-76-4)57-41(67)32(51)13-8-9-20-50/h5-7,11-12,15-18,27-28,32-39,63-65H,8-10,13-14,19-26,50-51H2,1-4H3,(H,55,68)(H,56,66)(H,57,67)(H,58,69)(H,59,72)(H,60,70)(H,61,71)(H,62,73)(H,74,75)(H4,52,53,54)/t28-,32-,33-,34-,35-,36-,37-,38-,39-/m0/s1. The Labute approximate surface area is 445 Å². The maximum atomic E-state index is 14.2. The van der Waals surface area contributed by atoms with Crippen molar-refractivity contribution >= 4 is 70.9 Å². The third-order valence-corrected chi connectivity index (χ3v) is 12.3. The van der Waals surface area contributed by atoms with Gasteiger partial charge in [-0.25, -0.2) is 4.79 Å². The fourth-order valence-electron chi connectivity index (χ4n) is 7.25. The van der Waals surface area contributed by atoms with Gasteiger partial charge in [0.1, 0.15) is 54.1 Å². The van der Waals surface area contributed by atoms with E-state index in [1.807, 2.05) is 6.26 Å². The number of aliphatic hydroxyl groups is 2. The van der Waals surface area contributed by atoms with E-state index in [2.05, 4.69) is 47.5 Å². The van der Waals surface area contributed by atoms with Crippen LogP contribution in [0.4, 0.5) is 0 Å². The third kappa shape index (κ3) is 23.6. The zero-order chi connectivity index (χ0) is 56.9. The summed E-state index contributed by atoms with van der Waals surface area (Å²) in [6.07, 6.45) is 3.20. The molecule has 0 bridgehead atoms. The predicted octanol–water partition coefficient (Wildman–Crippen LogP) is -3.94. The maximum absolute atomic E-state index is 14.2. The average molecular weight is 1090 g/mol. The van der Waals surface area contributed by atoms with E-state index in [9.17, 15) is 63.6 Å². The molecular weight excluding hydrogens is 1010 g/mol. The summed E-state index contributed by atoms with van der Waals surface area (Å²) in [5.41, 5.74) is 23.5. The first kappa shape index (κ1) is 65.0. The number of guanidine groups is 1. The number of nitrogens with zero attached hydrogens (tertiary/aromatic N) is 1. The molecule has 2 aromatic rings. The Morgan fingerprint density at radius 1 is 0.566 bits per heavy atom. The fraction of sp³-hybridized carbons (Fsp3) is 0.551. The van der Waals surface area contributed by atoms with Crippen LogP contribution < -0.4 is 65.5 Å². The van der Waals surface area contributed by atoms with E-state index in [0.29, 0.717) is 42.7 Å². The van der Waals surface area contributed by atoms with Gasteiger partial charge in [-0.05, 0) is 86.8 Å². The van der Waals surface area contributed by atoms with E-state index in [1.165, 1.54) is 56.8 Å². The Bertz CT molecular complexity index is 2240. The maximum Gasteiger partial charge on any atom is 0.326 e. The summed E-state index contributed by atoms with van der Waals surface area (Å²) in [7, 11) is 0. The molecule has 0 saturated carbocycles. The number of phenols is 1. The lowest BCUT2D eigenvalue weighted by atomic mass is 10.0. The van der Waals surface area contributed by atoms with Crippen molar-refractivity contribution in [2.75, 3.05) is 38.3 Å². The number of carbonyl (C=O) groups excluding carboxylic acids is 8. The van der Waals surface area contributed by atoms with Gasteiger partial charge in [-0.3, -0.25) is 43.3 Å². The summed E-state index contributed by atoms with van der Waals surface area (Å²) >= 11 is 1.43. The first-order valence-corrected chi connectivity index (χ1v) is 26.1. The van der Waals surface area contributed by atoms with Crippen LogP contribution in [-0.2, 0) is 56.0 Å². The van der Waals surface area contributed by atoms with Crippen LogP contribution in [0.1, 0.15) is 70.4 Å². The van der Waals surface area contributed by atoms with Gasteiger partial charge in [0.25, 0.3) is 0 Å². The minimum Gasteiger partial charge on any atom is -0.508 e. The highest BCUT2D eigenvalue weighted by atomic mass is 32.2. The highest BCUT2D eigenvalue weighted by Crippen LogP contribution is 2.13. The molecule has 0 aromatic heterocycles. The molecule has 0 fully saturated rings. The number of hydrogen-bond donors (Lipinski definition) is 16. The molecule has 26 nitrogen and oxygen atoms in total. The quantitative estimate of drug-likeness (QED) is 0.0178. The largest absolute Gasteiger partial charge is 0.508 e. The highest BCUT2D eigenvalue weighted by molar-refractivity contribution is 7.98. The van der Waals surface area contributed by atoms with Crippen molar-refractivity contribution in [3.8, 4) is 5.75 Å². The van der Waals surface area contributed by atoms with Gasteiger partial charge < -0.3 is 85.9 Å². The van der Waals surface area contributed by atoms with Crippen molar-refractivity contribution in [2.45, 2.75) is 127 Å². The topological polar surface area (TPSA) is 447 Å². The van der Waals surface area contributed by atoms with Gasteiger partial charge in [0.05, 0.1) is 19.3 Å². The molecule has 2 aromatic carbocycles. The number of thioether (sulfide) groups is 1. The molecule has 0 heterocycles. The number of hydrogen-bond acceptors (Lipinski definition) is 16. The van der Waals surface area contributed by atoms with Gasteiger partial charge in [-0.2, -0.15) is 11.8 Å². The number of nitrogens with two attached hydrogens (primary N) is 4. The molecule has 0 saturated heterocycles. The van der Waals surface area contributed by atoms with Crippen LogP contribution in [0.25, 0.3) is 0 Å². The van der Waals surface area contributed by atoms with Gasteiger partial charge in [0.15, 0.2) is 5.96 Å². The molecule has 76 heavy (non-hydrogen) atoms. The second-order valence-electron chi connectivity index (χ2n) is 18.2. The number of carboxylic acid groups (broad SMARTS) is 1. The van der Waals surface area contributed by atoms with E-state index < -0.39 is 127 Å². The molecule has 9 atom stereocenters. The normalized spacial score (nSPS) is 14.6. The number of nitrogens with one attached hydrogen (secondary N) is 8. The molecule has 0 spiro atoms. The molecule has 20 N–H and O–H groups in total. The summed E-state index contributed by atoms with van der Waals surface area (Å²) in [6.45, 7) is 2.87. The zero-order valence-corrected chi connectivity index (χ0v) is 44.1. The first-order chi connectivity index (χ1) is 36.0. The number of aliphatic imine (C=N–C) groups is 1. The molecule has 0 aliphatic carbocycles. The van der Waals surface area contributed by atoms with Gasteiger partial charge in [0.2, 0.25) is 47.3 Å². The molecule has 8 amide bonds. The molecule has 27 heteroatoms. The van der Waals surface area contributed by atoms with Gasteiger partial charge >= 0.3 is 5.97 Å². The minimum atomic E-state index is -1.78. The number of aliphatic hydroxyl groups excluding tert-OH is 2. The minimum absolute atomic E-state index is 0.0314. The van der Waals surface area contributed by atoms with Crippen molar-refractivity contribution < 1.29 is 63.6 Å². The van der Waals surface area contributed by atoms with E-state index >= 15 is 0 Å². The van der Waals surface area contributed by atoms with Crippen LogP contribution >= 0.6 is 11.8 Å². The molecule has 422 valence electrons. The van der Waals surface area contributed by atoms with Gasteiger partial charge in [-0.15, -0.1) is 0 Å². The second kappa shape index (κ2) is 34.5. The lowest BCUT2D eigenvalue weighted by molar-refractivity contribution is -0.144. The molecule has 0 radical (unpaired) electrons. The average Bonchev–Trinajstić information content (AvgIpc) is 3.38. The number of unbranched alkanes of at least 4 members (excludes halogenated alkanes) is 1.